The molecule has 0 aliphatic rings. The van der Waals surface area contributed by atoms with Crippen LogP contribution in [-0.2, 0) is 0 Å². The summed E-state index contributed by atoms with van der Waals surface area (Å²) in [5.74, 6) is 0. The summed E-state index contributed by atoms with van der Waals surface area (Å²) in [6.45, 7) is 6.12. The van der Waals surface area contributed by atoms with Crippen molar-refractivity contribution in [3.63, 3.8) is 0 Å². The first kappa shape index (κ1) is 22.5. The third-order valence-electron chi connectivity index (χ3n) is 4.42. The minimum atomic E-state index is -0.589. The molecular formula is C20H41NO2. The van der Waals surface area contributed by atoms with Gasteiger partial charge in [-0.25, -0.2) is 0 Å². The fourth-order valence-electron chi connectivity index (χ4n) is 2.76. The van der Waals surface area contributed by atoms with Gasteiger partial charge in [0, 0.05) is 6.20 Å². The fourth-order valence-corrected chi connectivity index (χ4v) is 2.76. The molecular weight excluding hydrogens is 286 g/mol. The largest absolute Gasteiger partial charge is 0.374 e. The predicted octanol–water partition coefficient (Wildman–Crippen LogP) is 5.57. The number of rotatable bonds is 16. The Morgan fingerprint density at radius 3 is 1.57 bits per heavy atom. The molecule has 0 saturated carbocycles. The highest BCUT2D eigenvalue weighted by Crippen LogP contribution is 2.13. The lowest BCUT2D eigenvalue weighted by Gasteiger charge is -2.30. The van der Waals surface area contributed by atoms with E-state index in [1.165, 1.54) is 64.2 Å². The standard InChI is InChI=1S/C20H41NO2/c1-4-7-8-9-10-11-12-13-14-15-16-17-18-21(19(22)5-2)20(23)6-3/h17-20,22-23H,4-16H2,1-3H3. The number of hydrogen-bond acceptors (Lipinski definition) is 3. The number of aliphatic hydroxyl groups is 2. The Balaban J connectivity index is 3.61. The predicted molar refractivity (Wildman–Crippen MR) is 100 cm³/mol. The van der Waals surface area contributed by atoms with Gasteiger partial charge in [0.1, 0.15) is 12.5 Å². The van der Waals surface area contributed by atoms with Crippen LogP contribution < -0.4 is 0 Å². The molecule has 3 nitrogen and oxygen atoms in total. The van der Waals surface area contributed by atoms with Gasteiger partial charge in [-0.2, -0.15) is 0 Å². The van der Waals surface area contributed by atoms with Crippen LogP contribution in [0.15, 0.2) is 12.3 Å². The second-order valence-electron chi connectivity index (χ2n) is 6.58. The maximum absolute atomic E-state index is 9.91. The summed E-state index contributed by atoms with van der Waals surface area (Å²) < 4.78 is 0. The minimum Gasteiger partial charge on any atom is -0.374 e. The number of aliphatic hydroxyl groups excluding tert-OH is 2. The average Bonchev–Trinajstić information content (AvgIpc) is 2.57. The van der Waals surface area contributed by atoms with Crippen LogP contribution in [0.3, 0.4) is 0 Å². The van der Waals surface area contributed by atoms with Crippen molar-refractivity contribution in [3.8, 4) is 0 Å². The Kier molecular flexibility index (Phi) is 15.9. The quantitative estimate of drug-likeness (QED) is 0.288. The maximum atomic E-state index is 9.91. The van der Waals surface area contributed by atoms with Crippen molar-refractivity contribution >= 4 is 0 Å². The highest BCUT2D eigenvalue weighted by Gasteiger charge is 2.15. The first-order valence-corrected chi connectivity index (χ1v) is 9.97. The van der Waals surface area contributed by atoms with E-state index in [2.05, 4.69) is 13.0 Å². The molecule has 0 amide bonds. The van der Waals surface area contributed by atoms with Crippen LogP contribution in [0.4, 0.5) is 0 Å². The summed E-state index contributed by atoms with van der Waals surface area (Å²) in [6, 6.07) is 0. The van der Waals surface area contributed by atoms with Crippen molar-refractivity contribution in [1.82, 2.24) is 4.90 Å². The monoisotopic (exact) mass is 327 g/mol. The van der Waals surface area contributed by atoms with Crippen LogP contribution in [0.25, 0.3) is 0 Å². The summed E-state index contributed by atoms with van der Waals surface area (Å²) in [6.07, 6.45) is 18.6. The van der Waals surface area contributed by atoms with Crippen molar-refractivity contribution in [2.24, 2.45) is 0 Å². The zero-order valence-electron chi connectivity index (χ0n) is 15.8. The van der Waals surface area contributed by atoms with Crippen molar-refractivity contribution in [1.29, 1.82) is 0 Å². The molecule has 0 heterocycles. The summed E-state index contributed by atoms with van der Waals surface area (Å²) in [4.78, 5) is 1.66. The van der Waals surface area contributed by atoms with Crippen LogP contribution >= 0.6 is 0 Å². The summed E-state index contributed by atoms with van der Waals surface area (Å²) >= 11 is 0. The molecule has 0 aliphatic carbocycles. The van der Waals surface area contributed by atoms with E-state index in [1.54, 1.807) is 4.90 Å². The Labute approximate surface area is 144 Å². The van der Waals surface area contributed by atoms with Gasteiger partial charge in [-0.3, -0.25) is 0 Å². The molecule has 0 radical (unpaired) electrons. The van der Waals surface area contributed by atoms with Crippen LogP contribution in [0.2, 0.25) is 0 Å². The molecule has 23 heavy (non-hydrogen) atoms. The minimum absolute atomic E-state index is 0.589. The van der Waals surface area contributed by atoms with E-state index in [1.807, 2.05) is 20.0 Å². The van der Waals surface area contributed by atoms with E-state index < -0.39 is 12.5 Å². The van der Waals surface area contributed by atoms with E-state index in [-0.39, 0.29) is 0 Å². The van der Waals surface area contributed by atoms with Crippen LogP contribution in [0.5, 0.6) is 0 Å². The van der Waals surface area contributed by atoms with E-state index in [0.29, 0.717) is 12.8 Å². The number of unbranched alkanes of at least 4 members (excludes halogenated alkanes) is 10. The zero-order valence-corrected chi connectivity index (χ0v) is 15.8. The van der Waals surface area contributed by atoms with Gasteiger partial charge in [0.25, 0.3) is 0 Å². The van der Waals surface area contributed by atoms with E-state index in [9.17, 15) is 10.2 Å². The summed E-state index contributed by atoms with van der Waals surface area (Å²) in [7, 11) is 0. The van der Waals surface area contributed by atoms with Crippen molar-refractivity contribution < 1.29 is 10.2 Å². The van der Waals surface area contributed by atoms with Crippen LogP contribution in [-0.4, -0.2) is 27.6 Å². The molecule has 0 rings (SSSR count). The fraction of sp³-hybridized carbons (Fsp3) is 0.900. The average molecular weight is 328 g/mol. The second kappa shape index (κ2) is 16.3. The second-order valence-corrected chi connectivity index (χ2v) is 6.58. The van der Waals surface area contributed by atoms with Crippen LogP contribution in [0.1, 0.15) is 104 Å². The lowest BCUT2D eigenvalue weighted by molar-refractivity contribution is -0.0725. The summed E-state index contributed by atoms with van der Waals surface area (Å²) in [5.41, 5.74) is 0. The molecule has 0 aliphatic heterocycles. The number of nitrogens with zero attached hydrogens (tertiary/aromatic N) is 1. The van der Waals surface area contributed by atoms with Gasteiger partial charge in [-0.1, -0.05) is 84.6 Å². The first-order chi connectivity index (χ1) is 11.2. The topological polar surface area (TPSA) is 43.7 Å². The Morgan fingerprint density at radius 2 is 1.13 bits per heavy atom. The molecule has 138 valence electrons. The van der Waals surface area contributed by atoms with Gasteiger partial charge in [0.15, 0.2) is 0 Å². The highest BCUT2D eigenvalue weighted by atomic mass is 16.3. The molecule has 2 unspecified atom stereocenters. The van der Waals surface area contributed by atoms with E-state index >= 15 is 0 Å². The van der Waals surface area contributed by atoms with Crippen molar-refractivity contribution in [2.75, 3.05) is 0 Å². The molecule has 0 aromatic rings. The number of hydrogen-bond donors (Lipinski definition) is 2. The van der Waals surface area contributed by atoms with Gasteiger partial charge in [-0.05, 0) is 25.7 Å². The van der Waals surface area contributed by atoms with Gasteiger partial charge in [-0.15, -0.1) is 0 Å². The molecule has 2 atom stereocenters. The van der Waals surface area contributed by atoms with Crippen molar-refractivity contribution in [3.05, 3.63) is 12.3 Å². The van der Waals surface area contributed by atoms with Gasteiger partial charge < -0.3 is 15.1 Å². The lowest BCUT2D eigenvalue weighted by Crippen LogP contribution is -2.38. The normalized spacial score (nSPS) is 14.3. The smallest absolute Gasteiger partial charge is 0.128 e. The zero-order chi connectivity index (χ0) is 17.3. The Bertz CT molecular complexity index is 258. The Hall–Kier alpha value is -0.540. The SMILES string of the molecule is CCCCCCCCCCCCC=CN(C(O)CC)C(O)CC. The molecule has 3 heteroatoms. The highest BCUT2D eigenvalue weighted by molar-refractivity contribution is 4.85. The molecule has 0 aromatic heterocycles. The first-order valence-electron chi connectivity index (χ1n) is 9.97. The molecule has 2 N–H and O–H groups in total. The molecule has 0 saturated heterocycles. The Morgan fingerprint density at radius 1 is 0.696 bits per heavy atom. The van der Waals surface area contributed by atoms with E-state index in [4.69, 9.17) is 0 Å². The molecule has 0 aromatic carbocycles. The third kappa shape index (κ3) is 12.5. The number of allylic oxidation sites excluding steroid dienone is 1. The van der Waals surface area contributed by atoms with Gasteiger partial charge in [0.2, 0.25) is 0 Å². The molecule has 0 spiro atoms. The van der Waals surface area contributed by atoms with Crippen LogP contribution in [0, 0.1) is 0 Å². The van der Waals surface area contributed by atoms with Crippen molar-refractivity contribution in [2.45, 2.75) is 117 Å². The van der Waals surface area contributed by atoms with Gasteiger partial charge >= 0.3 is 0 Å². The summed E-state index contributed by atoms with van der Waals surface area (Å²) in [5, 5.41) is 19.8. The lowest BCUT2D eigenvalue weighted by atomic mass is 10.1. The third-order valence-corrected chi connectivity index (χ3v) is 4.42. The molecule has 0 bridgehead atoms. The van der Waals surface area contributed by atoms with E-state index in [0.717, 1.165) is 6.42 Å². The van der Waals surface area contributed by atoms with Gasteiger partial charge in [0.05, 0.1) is 0 Å². The maximum Gasteiger partial charge on any atom is 0.128 e. The molecule has 0 fully saturated rings.